The third-order valence-electron chi connectivity index (χ3n) is 2.86. The van der Waals surface area contributed by atoms with E-state index in [-0.39, 0.29) is 12.3 Å². The molecule has 0 spiro atoms. The molecule has 0 aliphatic rings. The van der Waals surface area contributed by atoms with Crippen LogP contribution in [0.3, 0.4) is 0 Å². The lowest BCUT2D eigenvalue weighted by molar-refractivity contribution is -0.146. The molecule has 0 saturated carbocycles. The summed E-state index contributed by atoms with van der Waals surface area (Å²) in [6.07, 6.45) is 0. The van der Waals surface area contributed by atoms with Crippen LogP contribution in [-0.2, 0) is 14.3 Å². The molecule has 0 fully saturated rings. The number of hydrogen-bond donors (Lipinski definition) is 2. The van der Waals surface area contributed by atoms with Gasteiger partial charge in [0.05, 0.1) is 0 Å². The third kappa shape index (κ3) is 5.54. The van der Waals surface area contributed by atoms with Crippen LogP contribution >= 0.6 is 15.9 Å². The highest BCUT2D eigenvalue weighted by molar-refractivity contribution is 9.10. The van der Waals surface area contributed by atoms with Gasteiger partial charge in [0.25, 0.3) is 11.8 Å². The third-order valence-corrected chi connectivity index (χ3v) is 3.28. The van der Waals surface area contributed by atoms with E-state index in [1.54, 1.807) is 24.3 Å². The van der Waals surface area contributed by atoms with Crippen molar-refractivity contribution in [2.45, 2.75) is 6.92 Å². The second-order valence-corrected chi connectivity index (χ2v) is 5.65. The summed E-state index contributed by atoms with van der Waals surface area (Å²) in [4.78, 5) is 34.9. The molecule has 0 aliphatic heterocycles. The van der Waals surface area contributed by atoms with E-state index in [0.29, 0.717) is 10.4 Å². The summed E-state index contributed by atoms with van der Waals surface area (Å²) in [6, 6.07) is 10.2. The molecule has 0 bridgehead atoms. The van der Waals surface area contributed by atoms with E-state index in [0.717, 1.165) is 5.56 Å². The molecule has 2 amide bonds. The van der Waals surface area contributed by atoms with Crippen LogP contribution in [0.2, 0.25) is 0 Å². The molecule has 0 atom stereocenters. The summed E-state index contributed by atoms with van der Waals surface area (Å²) >= 11 is 3.07. The highest BCUT2D eigenvalue weighted by Crippen LogP contribution is 2.13. The van der Waals surface area contributed by atoms with Crippen molar-refractivity contribution < 1.29 is 23.5 Å². The minimum absolute atomic E-state index is 0.0619. The Morgan fingerprint density at radius 1 is 1.21 bits per heavy atom. The molecule has 2 rings (SSSR count). The predicted molar refractivity (Wildman–Crippen MR) is 89.5 cm³/mol. The van der Waals surface area contributed by atoms with E-state index in [4.69, 9.17) is 9.15 Å². The summed E-state index contributed by atoms with van der Waals surface area (Å²) in [7, 11) is 0. The number of esters is 1. The Balaban J connectivity index is 1.71. The number of anilines is 1. The molecular weight excluding hydrogens is 380 g/mol. The maximum absolute atomic E-state index is 11.7. The Morgan fingerprint density at radius 3 is 2.67 bits per heavy atom. The van der Waals surface area contributed by atoms with E-state index in [2.05, 4.69) is 26.6 Å². The number of hydrogen-bond acceptors (Lipinski definition) is 5. The van der Waals surface area contributed by atoms with Crippen molar-refractivity contribution in [1.29, 1.82) is 0 Å². The summed E-state index contributed by atoms with van der Waals surface area (Å²) in [5, 5.41) is 4.94. The fourth-order valence-electron chi connectivity index (χ4n) is 1.79. The van der Waals surface area contributed by atoms with E-state index in [1.165, 1.54) is 6.07 Å². The Kier molecular flexibility index (Phi) is 6.14. The van der Waals surface area contributed by atoms with Crippen molar-refractivity contribution in [3.63, 3.8) is 0 Å². The Morgan fingerprint density at radius 2 is 2.00 bits per heavy atom. The number of amides is 2. The van der Waals surface area contributed by atoms with Gasteiger partial charge >= 0.3 is 5.97 Å². The van der Waals surface area contributed by atoms with Crippen molar-refractivity contribution in [2.24, 2.45) is 0 Å². The van der Waals surface area contributed by atoms with Crippen molar-refractivity contribution in [2.75, 3.05) is 18.5 Å². The number of carbonyl (C=O) groups excluding carboxylic acids is 3. The molecule has 7 nitrogen and oxygen atoms in total. The molecule has 2 N–H and O–H groups in total. The fourth-order valence-corrected chi connectivity index (χ4v) is 2.10. The molecule has 0 aliphatic carbocycles. The van der Waals surface area contributed by atoms with Crippen LogP contribution in [0.5, 0.6) is 0 Å². The van der Waals surface area contributed by atoms with Gasteiger partial charge in [0.15, 0.2) is 17.0 Å². The number of nitrogens with one attached hydrogen (secondary N) is 2. The van der Waals surface area contributed by atoms with Gasteiger partial charge in [-0.2, -0.15) is 0 Å². The van der Waals surface area contributed by atoms with Gasteiger partial charge < -0.3 is 19.8 Å². The first-order chi connectivity index (χ1) is 11.4. The van der Waals surface area contributed by atoms with Crippen LogP contribution in [0.4, 0.5) is 5.69 Å². The van der Waals surface area contributed by atoms with Gasteiger partial charge in [0.1, 0.15) is 6.54 Å². The van der Waals surface area contributed by atoms with Gasteiger partial charge in [0.2, 0.25) is 0 Å². The van der Waals surface area contributed by atoms with E-state index < -0.39 is 24.4 Å². The molecule has 0 saturated heterocycles. The zero-order chi connectivity index (χ0) is 17.5. The van der Waals surface area contributed by atoms with Crippen LogP contribution in [0.25, 0.3) is 0 Å². The van der Waals surface area contributed by atoms with Crippen LogP contribution in [-0.4, -0.2) is 30.9 Å². The van der Waals surface area contributed by atoms with E-state index >= 15 is 0 Å². The van der Waals surface area contributed by atoms with Crippen LogP contribution in [0, 0.1) is 6.92 Å². The van der Waals surface area contributed by atoms with Gasteiger partial charge in [-0.3, -0.25) is 14.4 Å². The minimum Gasteiger partial charge on any atom is -0.454 e. The van der Waals surface area contributed by atoms with Crippen LogP contribution in [0.15, 0.2) is 45.5 Å². The maximum atomic E-state index is 11.7. The lowest BCUT2D eigenvalue weighted by Gasteiger charge is -2.07. The number of halogens is 1. The second kappa shape index (κ2) is 8.30. The quantitative estimate of drug-likeness (QED) is 0.732. The molecule has 24 heavy (non-hydrogen) atoms. The van der Waals surface area contributed by atoms with Crippen molar-refractivity contribution >= 4 is 39.4 Å². The highest BCUT2D eigenvalue weighted by Gasteiger charge is 2.13. The first-order valence-corrected chi connectivity index (χ1v) is 7.79. The number of carbonyl (C=O) groups is 3. The second-order valence-electron chi connectivity index (χ2n) is 4.86. The minimum atomic E-state index is -0.728. The zero-order valence-corrected chi connectivity index (χ0v) is 14.4. The molecule has 1 heterocycles. The summed E-state index contributed by atoms with van der Waals surface area (Å²) in [5.41, 5.74) is 1.62. The molecule has 1 aromatic heterocycles. The standard InChI is InChI=1S/C16H15BrN2O5/c1-10-3-2-4-11(7-10)19-14(20)9-23-15(21)8-18-16(22)12-5-6-13(17)24-12/h2-7H,8-9H2,1H3,(H,18,22)(H,19,20). The number of aryl methyl sites for hydroxylation is 1. The SMILES string of the molecule is Cc1cccc(NC(=O)COC(=O)CNC(=O)c2ccc(Br)o2)c1. The Labute approximate surface area is 146 Å². The molecule has 0 radical (unpaired) electrons. The number of rotatable bonds is 6. The normalized spacial score (nSPS) is 10.1. The number of ether oxygens (including phenoxy) is 1. The molecular formula is C16H15BrN2O5. The maximum Gasteiger partial charge on any atom is 0.325 e. The van der Waals surface area contributed by atoms with E-state index in [9.17, 15) is 14.4 Å². The van der Waals surface area contributed by atoms with Crippen LogP contribution < -0.4 is 10.6 Å². The highest BCUT2D eigenvalue weighted by atomic mass is 79.9. The first-order valence-electron chi connectivity index (χ1n) is 7.00. The summed E-state index contributed by atoms with van der Waals surface area (Å²) < 4.78 is 10.2. The Bertz CT molecular complexity index is 756. The smallest absolute Gasteiger partial charge is 0.325 e. The largest absolute Gasteiger partial charge is 0.454 e. The fraction of sp³-hybridized carbons (Fsp3) is 0.188. The van der Waals surface area contributed by atoms with Crippen molar-refractivity contribution in [1.82, 2.24) is 5.32 Å². The monoisotopic (exact) mass is 394 g/mol. The first kappa shape index (κ1) is 17.7. The average molecular weight is 395 g/mol. The van der Waals surface area contributed by atoms with Gasteiger partial charge in [0, 0.05) is 5.69 Å². The summed E-state index contributed by atoms with van der Waals surface area (Å²) in [5.74, 6) is -1.68. The molecule has 1 aromatic carbocycles. The predicted octanol–water partition coefficient (Wildman–Crippen LogP) is 2.26. The topological polar surface area (TPSA) is 97.6 Å². The molecule has 0 unspecified atom stereocenters. The van der Waals surface area contributed by atoms with Gasteiger partial charge in [-0.05, 0) is 52.7 Å². The Hall–Kier alpha value is -2.61. The van der Waals surface area contributed by atoms with Gasteiger partial charge in [-0.1, -0.05) is 12.1 Å². The van der Waals surface area contributed by atoms with Crippen molar-refractivity contribution in [3.05, 3.63) is 52.4 Å². The number of benzene rings is 1. The average Bonchev–Trinajstić information content (AvgIpc) is 2.97. The molecule has 8 heteroatoms. The van der Waals surface area contributed by atoms with Crippen molar-refractivity contribution in [3.8, 4) is 0 Å². The zero-order valence-electron chi connectivity index (χ0n) is 12.8. The number of furan rings is 1. The van der Waals surface area contributed by atoms with Gasteiger partial charge in [-0.15, -0.1) is 0 Å². The lowest BCUT2D eigenvalue weighted by atomic mass is 10.2. The molecule has 126 valence electrons. The molecule has 2 aromatic rings. The van der Waals surface area contributed by atoms with Gasteiger partial charge in [-0.25, -0.2) is 0 Å². The summed E-state index contributed by atoms with van der Waals surface area (Å²) in [6.45, 7) is 1.10. The van der Waals surface area contributed by atoms with Crippen LogP contribution in [0.1, 0.15) is 16.1 Å². The lowest BCUT2D eigenvalue weighted by Crippen LogP contribution is -2.32. The van der Waals surface area contributed by atoms with E-state index in [1.807, 2.05) is 13.0 Å².